The first-order valence-corrected chi connectivity index (χ1v) is 4.18. The molecule has 1 aliphatic rings. The second-order valence-corrected chi connectivity index (χ2v) is 3.12. The van der Waals surface area contributed by atoms with Gasteiger partial charge in [0.15, 0.2) is 0 Å². The Morgan fingerprint density at radius 2 is 2.17 bits per heavy atom. The van der Waals surface area contributed by atoms with Crippen LogP contribution in [-0.2, 0) is 12.8 Å². The molecule has 0 saturated carbocycles. The molecule has 0 bridgehead atoms. The Hall–Kier alpha value is -1.25. The molecule has 1 heterocycles. The molecule has 2 N–H and O–H groups in total. The first-order valence-electron chi connectivity index (χ1n) is 4.18. The number of hydrogen-bond donors (Lipinski definition) is 1. The number of carbonyl (C=O) groups excluding carboxylic acids is 1. The van der Waals surface area contributed by atoms with E-state index in [2.05, 4.69) is 0 Å². The van der Waals surface area contributed by atoms with E-state index in [-0.39, 0.29) is 5.91 Å². The van der Waals surface area contributed by atoms with Crippen LogP contribution in [0.5, 0.6) is 0 Å². The van der Waals surface area contributed by atoms with Gasteiger partial charge in [0.25, 0.3) is 5.91 Å². The average Bonchev–Trinajstić information content (AvgIpc) is 2.47. The van der Waals surface area contributed by atoms with Crippen molar-refractivity contribution in [2.24, 2.45) is 5.73 Å². The molecule has 64 valence electrons. The number of hydrogen-bond acceptors (Lipinski definition) is 2. The Labute approximate surface area is 70.5 Å². The van der Waals surface area contributed by atoms with Crippen LogP contribution in [0, 0.1) is 0 Å². The molecule has 1 amide bonds. The van der Waals surface area contributed by atoms with Gasteiger partial charge >= 0.3 is 0 Å². The molecule has 1 aromatic rings. The maximum Gasteiger partial charge on any atom is 0.252 e. The molecule has 0 unspecified atom stereocenters. The van der Waals surface area contributed by atoms with Crippen LogP contribution in [0.4, 0.5) is 0 Å². The number of furan rings is 1. The largest absolute Gasteiger partial charge is 0.468 e. The highest BCUT2D eigenvalue weighted by molar-refractivity contribution is 5.94. The molecular formula is C9H11NO2. The van der Waals surface area contributed by atoms with Gasteiger partial charge in [-0.3, -0.25) is 4.79 Å². The molecule has 0 radical (unpaired) electrons. The van der Waals surface area contributed by atoms with E-state index in [1.54, 1.807) is 0 Å². The van der Waals surface area contributed by atoms with Crippen molar-refractivity contribution in [2.45, 2.75) is 25.7 Å². The van der Waals surface area contributed by atoms with Gasteiger partial charge in [0.1, 0.15) is 12.0 Å². The van der Waals surface area contributed by atoms with Crippen LogP contribution in [0.2, 0.25) is 0 Å². The van der Waals surface area contributed by atoms with Gasteiger partial charge in [-0.2, -0.15) is 0 Å². The topological polar surface area (TPSA) is 56.2 Å². The lowest BCUT2D eigenvalue weighted by Crippen LogP contribution is -2.13. The maximum absolute atomic E-state index is 10.9. The minimum absolute atomic E-state index is 0.373. The highest BCUT2D eigenvalue weighted by Gasteiger charge is 2.19. The van der Waals surface area contributed by atoms with Crippen molar-refractivity contribution in [3.05, 3.63) is 23.2 Å². The van der Waals surface area contributed by atoms with Gasteiger partial charge in [0.2, 0.25) is 0 Å². The smallest absolute Gasteiger partial charge is 0.252 e. The van der Waals surface area contributed by atoms with E-state index >= 15 is 0 Å². The minimum Gasteiger partial charge on any atom is -0.468 e. The van der Waals surface area contributed by atoms with E-state index in [9.17, 15) is 4.79 Å². The van der Waals surface area contributed by atoms with Crippen LogP contribution in [0.25, 0.3) is 0 Å². The lowest BCUT2D eigenvalue weighted by molar-refractivity contribution is 0.0999. The number of primary amides is 1. The summed E-state index contributed by atoms with van der Waals surface area (Å²) in [6, 6.07) is 0. The number of fused-ring (bicyclic) bond motifs is 1. The van der Waals surface area contributed by atoms with Crippen LogP contribution in [0.15, 0.2) is 10.7 Å². The molecule has 0 aliphatic heterocycles. The van der Waals surface area contributed by atoms with Crippen LogP contribution >= 0.6 is 0 Å². The summed E-state index contributed by atoms with van der Waals surface area (Å²) in [5.41, 5.74) is 6.79. The molecule has 0 aromatic carbocycles. The Kier molecular flexibility index (Phi) is 1.64. The van der Waals surface area contributed by atoms with Crippen LogP contribution in [-0.4, -0.2) is 5.91 Å². The van der Waals surface area contributed by atoms with Crippen molar-refractivity contribution in [1.82, 2.24) is 0 Å². The Balaban J connectivity index is 2.44. The van der Waals surface area contributed by atoms with Crippen molar-refractivity contribution >= 4 is 5.91 Å². The van der Waals surface area contributed by atoms with Gasteiger partial charge in [0, 0.05) is 12.0 Å². The molecule has 1 aliphatic carbocycles. The summed E-state index contributed by atoms with van der Waals surface area (Å²) in [6.45, 7) is 0. The van der Waals surface area contributed by atoms with Gasteiger partial charge in [-0.15, -0.1) is 0 Å². The zero-order valence-electron chi connectivity index (χ0n) is 6.80. The van der Waals surface area contributed by atoms with E-state index in [0.717, 1.165) is 37.0 Å². The predicted octanol–water partition coefficient (Wildman–Crippen LogP) is 1.26. The Morgan fingerprint density at radius 1 is 1.42 bits per heavy atom. The zero-order chi connectivity index (χ0) is 8.55. The Bertz CT molecular complexity index is 314. The summed E-state index contributed by atoms with van der Waals surface area (Å²) in [4.78, 5) is 10.9. The van der Waals surface area contributed by atoms with E-state index in [1.807, 2.05) is 0 Å². The third-order valence-electron chi connectivity index (χ3n) is 2.33. The summed E-state index contributed by atoms with van der Waals surface area (Å²) < 4.78 is 5.25. The number of rotatable bonds is 1. The average molecular weight is 165 g/mol. The van der Waals surface area contributed by atoms with E-state index in [1.165, 1.54) is 6.26 Å². The first-order chi connectivity index (χ1) is 5.79. The fraction of sp³-hybridized carbons (Fsp3) is 0.444. The Morgan fingerprint density at radius 3 is 2.92 bits per heavy atom. The summed E-state index contributed by atoms with van der Waals surface area (Å²) in [7, 11) is 0. The number of amides is 1. The van der Waals surface area contributed by atoms with E-state index < -0.39 is 0 Å². The normalized spacial score (nSPS) is 15.7. The highest BCUT2D eigenvalue weighted by Crippen LogP contribution is 2.25. The van der Waals surface area contributed by atoms with Gasteiger partial charge < -0.3 is 10.2 Å². The van der Waals surface area contributed by atoms with Gasteiger partial charge in [-0.1, -0.05) is 0 Å². The number of carbonyl (C=O) groups is 1. The summed E-state index contributed by atoms with van der Waals surface area (Å²) >= 11 is 0. The van der Waals surface area contributed by atoms with Crippen molar-refractivity contribution < 1.29 is 9.21 Å². The van der Waals surface area contributed by atoms with Crippen molar-refractivity contribution in [3.8, 4) is 0 Å². The van der Waals surface area contributed by atoms with Gasteiger partial charge in [-0.05, 0) is 19.3 Å². The third kappa shape index (κ3) is 1.02. The molecule has 0 saturated heterocycles. The highest BCUT2D eigenvalue weighted by atomic mass is 16.3. The van der Waals surface area contributed by atoms with E-state index in [4.69, 9.17) is 10.2 Å². The molecule has 12 heavy (non-hydrogen) atoms. The van der Waals surface area contributed by atoms with Gasteiger partial charge in [0.05, 0.1) is 5.56 Å². The van der Waals surface area contributed by atoms with Gasteiger partial charge in [-0.25, -0.2) is 0 Å². The fourth-order valence-corrected chi connectivity index (χ4v) is 1.70. The predicted molar refractivity (Wildman–Crippen MR) is 43.9 cm³/mol. The SMILES string of the molecule is NC(=O)c1coc2c1CCCC2. The minimum atomic E-state index is -0.373. The van der Waals surface area contributed by atoms with Crippen LogP contribution in [0.1, 0.15) is 34.5 Å². The third-order valence-corrected chi connectivity index (χ3v) is 2.33. The number of nitrogens with two attached hydrogens (primary N) is 1. The summed E-state index contributed by atoms with van der Waals surface area (Å²) in [5.74, 6) is 0.581. The molecule has 1 aromatic heterocycles. The molecule has 0 atom stereocenters. The van der Waals surface area contributed by atoms with Crippen molar-refractivity contribution in [1.29, 1.82) is 0 Å². The second kappa shape index (κ2) is 2.66. The standard InChI is InChI=1S/C9H11NO2/c10-9(11)7-5-12-8-4-2-1-3-6(7)8/h5H,1-4H2,(H2,10,11). The molecule has 0 fully saturated rings. The summed E-state index contributed by atoms with van der Waals surface area (Å²) in [6.07, 6.45) is 5.65. The second-order valence-electron chi connectivity index (χ2n) is 3.12. The first kappa shape index (κ1) is 7.40. The number of aryl methyl sites for hydroxylation is 1. The molecule has 2 rings (SSSR count). The fourth-order valence-electron chi connectivity index (χ4n) is 1.70. The monoisotopic (exact) mass is 165 g/mol. The van der Waals surface area contributed by atoms with Crippen molar-refractivity contribution in [3.63, 3.8) is 0 Å². The quantitative estimate of drug-likeness (QED) is 0.681. The maximum atomic E-state index is 10.9. The zero-order valence-corrected chi connectivity index (χ0v) is 6.80. The van der Waals surface area contributed by atoms with Crippen LogP contribution in [0.3, 0.4) is 0 Å². The molecule has 3 nitrogen and oxygen atoms in total. The molecule has 0 spiro atoms. The summed E-state index contributed by atoms with van der Waals surface area (Å²) in [5, 5.41) is 0. The molecular weight excluding hydrogens is 154 g/mol. The van der Waals surface area contributed by atoms with Crippen LogP contribution < -0.4 is 5.73 Å². The van der Waals surface area contributed by atoms with E-state index in [0.29, 0.717) is 5.56 Å². The molecule has 3 heteroatoms. The lowest BCUT2D eigenvalue weighted by atomic mass is 9.95. The lowest BCUT2D eigenvalue weighted by Gasteiger charge is -2.09. The van der Waals surface area contributed by atoms with Crippen molar-refractivity contribution in [2.75, 3.05) is 0 Å².